The fraction of sp³-hybridized carbons (Fsp3) is 0.167. The number of hydrogen-bond acceptors (Lipinski definition) is 8. The van der Waals surface area contributed by atoms with Crippen LogP contribution in [0.3, 0.4) is 0 Å². The van der Waals surface area contributed by atoms with Crippen molar-refractivity contribution in [3.05, 3.63) is 66.6 Å². The highest BCUT2D eigenvalue weighted by molar-refractivity contribution is 5.90. The SMILES string of the molecule is O=C(COc1ccc2ccccc2c1)NCCNC(=O)c1nc(-c2ccc3c(c2)OCO3)no1. The molecule has 0 fully saturated rings. The summed E-state index contributed by atoms with van der Waals surface area (Å²) in [4.78, 5) is 28.4. The van der Waals surface area contributed by atoms with Gasteiger partial charge in [-0.25, -0.2) is 0 Å². The van der Waals surface area contributed by atoms with Crippen LogP contribution in [-0.2, 0) is 4.79 Å². The molecule has 0 saturated heterocycles. The third-order valence-corrected chi connectivity index (χ3v) is 5.07. The lowest BCUT2D eigenvalue weighted by Gasteiger charge is -2.08. The molecule has 0 unspecified atom stereocenters. The molecule has 1 aliphatic heterocycles. The number of carbonyl (C=O) groups is 2. The maximum absolute atomic E-state index is 12.2. The number of fused-ring (bicyclic) bond motifs is 2. The molecule has 3 aromatic carbocycles. The van der Waals surface area contributed by atoms with Crippen LogP contribution in [-0.4, -0.2) is 48.4 Å². The molecule has 10 nitrogen and oxygen atoms in total. The van der Waals surface area contributed by atoms with Crippen molar-refractivity contribution in [3.63, 3.8) is 0 Å². The predicted octanol–water partition coefficient (Wildman–Crippen LogP) is 2.54. The van der Waals surface area contributed by atoms with E-state index in [0.717, 1.165) is 10.8 Å². The normalized spacial score (nSPS) is 11.9. The topological polar surface area (TPSA) is 125 Å². The molecule has 2 heterocycles. The maximum atomic E-state index is 12.2. The van der Waals surface area contributed by atoms with E-state index in [1.807, 2.05) is 42.5 Å². The van der Waals surface area contributed by atoms with Gasteiger partial charge in [-0.3, -0.25) is 9.59 Å². The van der Waals surface area contributed by atoms with Crippen molar-refractivity contribution in [2.24, 2.45) is 0 Å². The first-order chi connectivity index (χ1) is 16.7. The van der Waals surface area contributed by atoms with Crippen molar-refractivity contribution in [3.8, 4) is 28.6 Å². The maximum Gasteiger partial charge on any atom is 0.316 e. The van der Waals surface area contributed by atoms with Crippen LogP contribution < -0.4 is 24.8 Å². The Kier molecular flexibility index (Phi) is 5.93. The van der Waals surface area contributed by atoms with E-state index in [1.165, 1.54) is 0 Å². The summed E-state index contributed by atoms with van der Waals surface area (Å²) < 4.78 is 21.2. The summed E-state index contributed by atoms with van der Waals surface area (Å²) in [5.74, 6) is 1.05. The molecule has 2 N–H and O–H groups in total. The average molecular weight is 460 g/mol. The standard InChI is InChI=1S/C24H20N4O6/c29-21(13-31-18-7-5-15-3-1-2-4-16(15)11-18)25-9-10-26-23(30)24-27-22(28-34-24)17-6-8-19-20(12-17)33-14-32-19/h1-8,11-12H,9-10,13-14H2,(H,25,29)(H,26,30). The van der Waals surface area contributed by atoms with E-state index in [4.69, 9.17) is 18.7 Å². The molecular weight excluding hydrogens is 440 g/mol. The van der Waals surface area contributed by atoms with Crippen LogP contribution in [0.25, 0.3) is 22.2 Å². The van der Waals surface area contributed by atoms with E-state index < -0.39 is 5.91 Å². The Hall–Kier alpha value is -4.60. The quantitative estimate of drug-likeness (QED) is 0.385. The number of nitrogens with one attached hydrogen (secondary N) is 2. The second-order valence-electron chi connectivity index (χ2n) is 7.39. The Labute approximate surface area is 193 Å². The highest BCUT2D eigenvalue weighted by Gasteiger charge is 2.19. The first kappa shape index (κ1) is 21.3. The molecule has 2 amide bonds. The zero-order valence-electron chi connectivity index (χ0n) is 17.9. The molecule has 0 aliphatic carbocycles. The van der Waals surface area contributed by atoms with Crippen LogP contribution in [0.15, 0.2) is 65.2 Å². The molecule has 34 heavy (non-hydrogen) atoms. The zero-order chi connectivity index (χ0) is 23.3. The third-order valence-electron chi connectivity index (χ3n) is 5.07. The fourth-order valence-electron chi connectivity index (χ4n) is 3.38. The van der Waals surface area contributed by atoms with E-state index in [-0.39, 0.29) is 44.1 Å². The summed E-state index contributed by atoms with van der Waals surface area (Å²) in [6.45, 7) is 0.427. The number of ether oxygens (including phenoxy) is 3. The Morgan fingerprint density at radius 3 is 2.65 bits per heavy atom. The lowest BCUT2D eigenvalue weighted by atomic mass is 10.1. The highest BCUT2D eigenvalue weighted by Crippen LogP contribution is 2.35. The second kappa shape index (κ2) is 9.49. The van der Waals surface area contributed by atoms with Crippen molar-refractivity contribution in [2.45, 2.75) is 0 Å². The van der Waals surface area contributed by atoms with E-state index >= 15 is 0 Å². The van der Waals surface area contributed by atoms with E-state index in [1.54, 1.807) is 18.2 Å². The number of nitrogens with zero attached hydrogens (tertiary/aromatic N) is 2. The summed E-state index contributed by atoms with van der Waals surface area (Å²) in [5, 5.41) is 11.3. The number of rotatable bonds is 8. The molecule has 172 valence electrons. The van der Waals surface area contributed by atoms with Crippen LogP contribution >= 0.6 is 0 Å². The summed E-state index contributed by atoms with van der Waals surface area (Å²) in [6, 6.07) is 18.7. The summed E-state index contributed by atoms with van der Waals surface area (Å²) in [6.07, 6.45) is 0. The molecule has 0 spiro atoms. The van der Waals surface area contributed by atoms with Gasteiger partial charge in [0, 0.05) is 18.7 Å². The molecule has 0 radical (unpaired) electrons. The lowest BCUT2D eigenvalue weighted by molar-refractivity contribution is -0.123. The largest absolute Gasteiger partial charge is 0.484 e. The fourth-order valence-corrected chi connectivity index (χ4v) is 3.38. The Morgan fingerprint density at radius 2 is 1.74 bits per heavy atom. The average Bonchev–Trinajstić information content (AvgIpc) is 3.54. The molecule has 0 saturated carbocycles. The van der Waals surface area contributed by atoms with E-state index in [9.17, 15) is 9.59 Å². The minimum Gasteiger partial charge on any atom is -0.484 e. The Morgan fingerprint density at radius 1 is 0.912 bits per heavy atom. The van der Waals surface area contributed by atoms with Gasteiger partial charge in [0.15, 0.2) is 18.1 Å². The molecule has 0 atom stereocenters. The van der Waals surface area contributed by atoms with Gasteiger partial charge in [0.05, 0.1) is 0 Å². The van der Waals surface area contributed by atoms with Gasteiger partial charge < -0.3 is 29.4 Å². The summed E-state index contributed by atoms with van der Waals surface area (Å²) in [5.41, 5.74) is 0.630. The smallest absolute Gasteiger partial charge is 0.316 e. The van der Waals surface area contributed by atoms with Crippen LogP contribution in [0, 0.1) is 0 Å². The lowest BCUT2D eigenvalue weighted by Crippen LogP contribution is -2.36. The summed E-state index contributed by atoms with van der Waals surface area (Å²) >= 11 is 0. The van der Waals surface area contributed by atoms with Crippen LogP contribution in [0.4, 0.5) is 0 Å². The van der Waals surface area contributed by atoms with Gasteiger partial charge in [-0.2, -0.15) is 4.98 Å². The molecule has 1 aromatic heterocycles. The van der Waals surface area contributed by atoms with Crippen molar-refractivity contribution in [1.82, 2.24) is 20.8 Å². The second-order valence-corrected chi connectivity index (χ2v) is 7.39. The van der Waals surface area contributed by atoms with Crippen molar-refractivity contribution in [1.29, 1.82) is 0 Å². The minimum absolute atomic E-state index is 0.130. The van der Waals surface area contributed by atoms with Gasteiger partial charge in [0.2, 0.25) is 12.6 Å². The van der Waals surface area contributed by atoms with Gasteiger partial charge in [-0.05, 0) is 41.1 Å². The molecular formula is C24H20N4O6. The van der Waals surface area contributed by atoms with Crippen molar-refractivity contribution < 1.29 is 28.3 Å². The van der Waals surface area contributed by atoms with Gasteiger partial charge >= 0.3 is 11.8 Å². The Balaban J connectivity index is 1.05. The summed E-state index contributed by atoms with van der Waals surface area (Å²) in [7, 11) is 0. The van der Waals surface area contributed by atoms with E-state index in [0.29, 0.717) is 22.8 Å². The molecule has 4 aromatic rings. The van der Waals surface area contributed by atoms with Crippen molar-refractivity contribution >= 4 is 22.6 Å². The monoisotopic (exact) mass is 460 g/mol. The third kappa shape index (κ3) is 4.75. The first-order valence-corrected chi connectivity index (χ1v) is 10.6. The highest BCUT2D eigenvalue weighted by atomic mass is 16.7. The van der Waals surface area contributed by atoms with E-state index in [2.05, 4.69) is 20.8 Å². The minimum atomic E-state index is -0.541. The number of aromatic nitrogens is 2. The number of carbonyl (C=O) groups excluding carboxylic acids is 2. The number of amides is 2. The molecule has 10 heteroatoms. The number of hydrogen-bond donors (Lipinski definition) is 2. The predicted molar refractivity (Wildman–Crippen MR) is 121 cm³/mol. The molecule has 0 bridgehead atoms. The van der Waals surface area contributed by atoms with Gasteiger partial charge in [-0.1, -0.05) is 35.5 Å². The van der Waals surface area contributed by atoms with Gasteiger partial charge in [0.25, 0.3) is 5.91 Å². The zero-order valence-corrected chi connectivity index (χ0v) is 17.9. The molecule has 1 aliphatic rings. The first-order valence-electron chi connectivity index (χ1n) is 10.6. The van der Waals surface area contributed by atoms with Gasteiger partial charge in [0.1, 0.15) is 5.75 Å². The number of benzene rings is 3. The van der Waals surface area contributed by atoms with Crippen LogP contribution in [0.1, 0.15) is 10.7 Å². The molecule has 5 rings (SSSR count). The van der Waals surface area contributed by atoms with Crippen LogP contribution in [0.2, 0.25) is 0 Å². The van der Waals surface area contributed by atoms with Crippen LogP contribution in [0.5, 0.6) is 17.2 Å². The van der Waals surface area contributed by atoms with Gasteiger partial charge in [-0.15, -0.1) is 0 Å². The Bertz CT molecular complexity index is 1350. The van der Waals surface area contributed by atoms with Crippen molar-refractivity contribution in [2.75, 3.05) is 26.5 Å².